The fourth-order valence-electron chi connectivity index (χ4n) is 2.16. The highest BCUT2D eigenvalue weighted by Crippen LogP contribution is 2.11. The van der Waals surface area contributed by atoms with Gasteiger partial charge in [0.1, 0.15) is 5.01 Å². The van der Waals surface area contributed by atoms with Crippen LogP contribution in [0.15, 0.2) is 35.5 Å². The van der Waals surface area contributed by atoms with Crippen molar-refractivity contribution in [2.45, 2.75) is 33.7 Å². The van der Waals surface area contributed by atoms with Gasteiger partial charge >= 0.3 is 0 Å². The van der Waals surface area contributed by atoms with E-state index in [1.165, 1.54) is 16.0 Å². The first-order valence-electron chi connectivity index (χ1n) is 7.66. The lowest BCUT2D eigenvalue weighted by Gasteiger charge is -2.11. The molecule has 4 nitrogen and oxygen atoms in total. The number of aromatic nitrogens is 1. The summed E-state index contributed by atoms with van der Waals surface area (Å²) in [5, 5.41) is 7.70. The molecule has 0 saturated carbocycles. The van der Waals surface area contributed by atoms with Crippen molar-refractivity contribution in [3.63, 3.8) is 0 Å². The average molecular weight is 444 g/mol. The van der Waals surface area contributed by atoms with Crippen molar-refractivity contribution in [2.75, 3.05) is 13.1 Å². The van der Waals surface area contributed by atoms with Crippen LogP contribution in [0.4, 0.5) is 0 Å². The van der Waals surface area contributed by atoms with E-state index in [0.717, 1.165) is 30.5 Å². The highest BCUT2D eigenvalue weighted by Gasteiger charge is 2.01. The molecule has 1 heterocycles. The smallest absolute Gasteiger partial charge is 0.191 e. The normalized spacial score (nSPS) is 11.0. The predicted octanol–water partition coefficient (Wildman–Crippen LogP) is 3.68. The minimum atomic E-state index is 0. The number of thiazole rings is 1. The number of benzene rings is 1. The van der Waals surface area contributed by atoms with Crippen LogP contribution in [-0.4, -0.2) is 24.0 Å². The number of rotatable bonds is 6. The quantitative estimate of drug-likeness (QED) is 0.406. The molecule has 0 bridgehead atoms. The predicted molar refractivity (Wildman–Crippen MR) is 110 cm³/mol. The lowest BCUT2D eigenvalue weighted by Crippen LogP contribution is -2.38. The third kappa shape index (κ3) is 7.30. The molecular weight excluding hydrogens is 419 g/mol. The molecule has 0 amide bonds. The number of nitrogens with zero attached hydrogens (tertiary/aromatic N) is 2. The second-order valence-corrected chi connectivity index (χ2v) is 6.54. The van der Waals surface area contributed by atoms with E-state index in [0.29, 0.717) is 6.54 Å². The zero-order valence-corrected chi connectivity index (χ0v) is 17.1. The van der Waals surface area contributed by atoms with E-state index in [9.17, 15) is 0 Å². The van der Waals surface area contributed by atoms with Gasteiger partial charge in [0.05, 0.1) is 6.54 Å². The molecule has 2 aromatic rings. The minimum absolute atomic E-state index is 0. The summed E-state index contributed by atoms with van der Waals surface area (Å²) in [5.41, 5.74) is 2.65. The van der Waals surface area contributed by atoms with Crippen molar-refractivity contribution in [1.29, 1.82) is 0 Å². The van der Waals surface area contributed by atoms with E-state index in [1.54, 1.807) is 11.3 Å². The first kappa shape index (κ1) is 19.9. The van der Waals surface area contributed by atoms with E-state index in [1.807, 2.05) is 6.20 Å². The van der Waals surface area contributed by atoms with Gasteiger partial charge in [-0.1, -0.05) is 29.8 Å². The summed E-state index contributed by atoms with van der Waals surface area (Å²) in [5.74, 6) is 0.850. The molecule has 0 saturated heterocycles. The van der Waals surface area contributed by atoms with Gasteiger partial charge in [-0.25, -0.2) is 9.98 Å². The zero-order valence-electron chi connectivity index (χ0n) is 13.9. The Bertz CT molecular complexity index is 625. The standard InChI is InChI=1S/C17H24N4S.HI/c1-4-18-17(21-12-16-20-11-14(3)22-16)19-9-8-15-7-5-6-13(2)10-15;/h5-7,10-11H,4,8-9,12H2,1-3H3,(H2,18,19,21);1H. The Morgan fingerprint density at radius 3 is 2.74 bits per heavy atom. The van der Waals surface area contributed by atoms with Gasteiger partial charge in [-0.15, -0.1) is 35.3 Å². The molecule has 6 heteroatoms. The van der Waals surface area contributed by atoms with Gasteiger partial charge < -0.3 is 10.6 Å². The van der Waals surface area contributed by atoms with Gasteiger partial charge in [-0.2, -0.15) is 0 Å². The summed E-state index contributed by atoms with van der Waals surface area (Å²) in [7, 11) is 0. The molecule has 0 aliphatic heterocycles. The van der Waals surface area contributed by atoms with Gasteiger partial charge in [-0.05, 0) is 32.8 Å². The van der Waals surface area contributed by atoms with Gasteiger partial charge in [-0.3, -0.25) is 0 Å². The largest absolute Gasteiger partial charge is 0.357 e. The third-order valence-corrected chi connectivity index (χ3v) is 4.07. The van der Waals surface area contributed by atoms with Crippen molar-refractivity contribution in [3.05, 3.63) is 51.5 Å². The van der Waals surface area contributed by atoms with Gasteiger partial charge in [0.15, 0.2) is 5.96 Å². The molecule has 0 spiro atoms. The number of aryl methyl sites for hydroxylation is 2. The lowest BCUT2D eigenvalue weighted by atomic mass is 10.1. The van der Waals surface area contributed by atoms with Crippen LogP contribution in [0.5, 0.6) is 0 Å². The molecule has 1 aromatic carbocycles. The Labute approximate surface area is 159 Å². The van der Waals surface area contributed by atoms with Crippen LogP contribution in [0.3, 0.4) is 0 Å². The van der Waals surface area contributed by atoms with Crippen LogP contribution in [0.25, 0.3) is 0 Å². The Hall–Kier alpha value is -1.15. The first-order valence-corrected chi connectivity index (χ1v) is 8.48. The Morgan fingerprint density at radius 2 is 2.09 bits per heavy atom. The second kappa shape index (κ2) is 10.6. The fraction of sp³-hybridized carbons (Fsp3) is 0.412. The SMILES string of the molecule is CCNC(=NCc1ncc(C)s1)NCCc1cccc(C)c1.I. The third-order valence-electron chi connectivity index (χ3n) is 3.17. The highest BCUT2D eigenvalue weighted by atomic mass is 127. The van der Waals surface area contributed by atoms with Gasteiger partial charge in [0.2, 0.25) is 0 Å². The molecule has 0 unspecified atom stereocenters. The molecule has 1 aromatic heterocycles. The molecule has 0 atom stereocenters. The Morgan fingerprint density at radius 1 is 1.26 bits per heavy atom. The molecule has 2 N–H and O–H groups in total. The molecule has 0 radical (unpaired) electrons. The summed E-state index contributed by atoms with van der Waals surface area (Å²) in [6, 6.07) is 8.62. The molecule has 2 rings (SSSR count). The van der Waals surface area contributed by atoms with Crippen molar-refractivity contribution >= 4 is 41.3 Å². The maximum absolute atomic E-state index is 4.59. The van der Waals surface area contributed by atoms with Gasteiger partial charge in [0.25, 0.3) is 0 Å². The van der Waals surface area contributed by atoms with E-state index < -0.39 is 0 Å². The molecule has 23 heavy (non-hydrogen) atoms. The van der Waals surface area contributed by atoms with Crippen LogP contribution in [0.1, 0.15) is 27.9 Å². The van der Waals surface area contributed by atoms with Crippen LogP contribution in [0.2, 0.25) is 0 Å². The van der Waals surface area contributed by atoms with Gasteiger partial charge in [0, 0.05) is 24.2 Å². The molecule has 0 aliphatic rings. The number of hydrogen-bond donors (Lipinski definition) is 2. The Kier molecular flexibility index (Phi) is 9.16. The molecule has 0 fully saturated rings. The van der Waals surface area contributed by atoms with Crippen molar-refractivity contribution in [1.82, 2.24) is 15.6 Å². The summed E-state index contributed by atoms with van der Waals surface area (Å²) in [6.45, 7) is 8.61. The first-order chi connectivity index (χ1) is 10.7. The Balaban J connectivity index is 0.00000264. The summed E-state index contributed by atoms with van der Waals surface area (Å²) >= 11 is 1.70. The zero-order chi connectivity index (χ0) is 15.8. The molecular formula is C17H25IN4S. The summed E-state index contributed by atoms with van der Waals surface area (Å²) < 4.78 is 0. The maximum Gasteiger partial charge on any atom is 0.191 e. The maximum atomic E-state index is 4.59. The van der Waals surface area contributed by atoms with Crippen molar-refractivity contribution in [3.8, 4) is 0 Å². The number of nitrogens with one attached hydrogen (secondary N) is 2. The highest BCUT2D eigenvalue weighted by molar-refractivity contribution is 14.0. The number of hydrogen-bond acceptors (Lipinski definition) is 3. The van der Waals surface area contributed by atoms with E-state index in [-0.39, 0.29) is 24.0 Å². The molecule has 126 valence electrons. The monoisotopic (exact) mass is 444 g/mol. The summed E-state index contributed by atoms with van der Waals surface area (Å²) in [4.78, 5) is 10.2. The van der Waals surface area contributed by atoms with Crippen LogP contribution in [0, 0.1) is 13.8 Å². The molecule has 0 aliphatic carbocycles. The van der Waals surface area contributed by atoms with Crippen LogP contribution in [-0.2, 0) is 13.0 Å². The number of halogens is 1. The summed E-state index contributed by atoms with van der Waals surface area (Å²) in [6.07, 6.45) is 2.88. The topological polar surface area (TPSA) is 49.3 Å². The fourth-order valence-corrected chi connectivity index (χ4v) is 2.87. The minimum Gasteiger partial charge on any atom is -0.357 e. The lowest BCUT2D eigenvalue weighted by molar-refractivity contribution is 0.798. The average Bonchev–Trinajstić information content (AvgIpc) is 2.90. The van der Waals surface area contributed by atoms with E-state index >= 15 is 0 Å². The van der Waals surface area contributed by atoms with Crippen LogP contribution >= 0.6 is 35.3 Å². The van der Waals surface area contributed by atoms with E-state index in [2.05, 4.69) is 65.6 Å². The van der Waals surface area contributed by atoms with Crippen molar-refractivity contribution < 1.29 is 0 Å². The van der Waals surface area contributed by atoms with E-state index in [4.69, 9.17) is 0 Å². The number of aliphatic imine (C=N–C) groups is 1. The number of guanidine groups is 1. The second-order valence-electron chi connectivity index (χ2n) is 5.23. The van der Waals surface area contributed by atoms with Crippen molar-refractivity contribution in [2.24, 2.45) is 4.99 Å². The van der Waals surface area contributed by atoms with Crippen LogP contribution < -0.4 is 10.6 Å².